The highest BCUT2D eigenvalue weighted by molar-refractivity contribution is 7.85. The summed E-state index contributed by atoms with van der Waals surface area (Å²) >= 11 is 0. The normalized spacial score (nSPS) is 11.4. The monoisotopic (exact) mass is 345 g/mol. The first-order valence-electron chi connectivity index (χ1n) is 7.18. The molecule has 0 fully saturated rings. The maximum absolute atomic E-state index is 11.0. The molecule has 1 rings (SSSR count). The number of unbranched alkanes of at least 4 members (excludes halogenated alkanes) is 1. The van der Waals surface area contributed by atoms with Gasteiger partial charge in [0.1, 0.15) is 0 Å². The molecule has 0 aromatic heterocycles. The van der Waals surface area contributed by atoms with Crippen molar-refractivity contribution in [1.29, 1.82) is 0 Å². The Morgan fingerprint density at radius 2 is 1.78 bits per heavy atom. The van der Waals surface area contributed by atoms with Gasteiger partial charge in [-0.15, -0.1) is 0 Å². The summed E-state index contributed by atoms with van der Waals surface area (Å²) in [4.78, 5) is 10.9. The van der Waals surface area contributed by atoms with Gasteiger partial charge < -0.3 is 9.94 Å². The van der Waals surface area contributed by atoms with Crippen LogP contribution in [0, 0.1) is 6.92 Å². The molecule has 0 spiro atoms. The van der Waals surface area contributed by atoms with Crippen LogP contribution in [0.25, 0.3) is 0 Å². The Hall–Kier alpha value is -1.93. The third-order valence-corrected chi connectivity index (χ3v) is 3.59. The number of hydrogen-bond acceptors (Lipinski definition) is 6. The summed E-state index contributed by atoms with van der Waals surface area (Å²) in [5.74, 6) is -0.520. The molecule has 2 N–H and O–H groups in total. The molecule has 0 radical (unpaired) electrons. The molecule has 0 unspecified atom stereocenters. The molecule has 1 aromatic rings. The van der Waals surface area contributed by atoms with Crippen LogP contribution in [0.15, 0.2) is 34.3 Å². The fourth-order valence-corrected chi connectivity index (χ4v) is 1.94. The lowest BCUT2D eigenvalue weighted by Crippen LogP contribution is -2.17. The average Bonchev–Trinajstić information content (AvgIpc) is 2.48. The molecule has 0 saturated carbocycles. The molecule has 23 heavy (non-hydrogen) atoms. The predicted octanol–water partition coefficient (Wildman–Crippen LogP) is 2.81. The van der Waals surface area contributed by atoms with Crippen molar-refractivity contribution in [3.63, 3.8) is 0 Å². The van der Waals surface area contributed by atoms with E-state index in [1.165, 1.54) is 12.1 Å². The lowest BCUT2D eigenvalue weighted by atomic mass is 10.2. The van der Waals surface area contributed by atoms with E-state index in [4.69, 9.17) is 9.76 Å². The van der Waals surface area contributed by atoms with E-state index in [0.717, 1.165) is 18.4 Å². The van der Waals surface area contributed by atoms with E-state index in [0.29, 0.717) is 13.0 Å². The summed E-state index contributed by atoms with van der Waals surface area (Å²) in [6.45, 7) is 5.87. The zero-order chi connectivity index (χ0) is 17.9. The number of carbonyl (C=O) groups excluding carboxylic acids is 1. The summed E-state index contributed by atoms with van der Waals surface area (Å²) in [5.41, 5.74) is 1.07. The number of hydrogen-bond donors (Lipinski definition) is 2. The van der Waals surface area contributed by atoms with E-state index in [2.05, 4.69) is 9.89 Å². The highest BCUT2D eigenvalue weighted by Crippen LogP contribution is 2.08. The van der Waals surface area contributed by atoms with E-state index < -0.39 is 16.1 Å². The average molecular weight is 345 g/mol. The van der Waals surface area contributed by atoms with Gasteiger partial charge in [-0.2, -0.15) is 8.42 Å². The second-order valence-corrected chi connectivity index (χ2v) is 6.08. The van der Waals surface area contributed by atoms with Crippen LogP contribution in [-0.4, -0.2) is 36.5 Å². The van der Waals surface area contributed by atoms with Crippen LogP contribution >= 0.6 is 0 Å². The van der Waals surface area contributed by atoms with Crippen molar-refractivity contribution in [1.82, 2.24) is 0 Å². The summed E-state index contributed by atoms with van der Waals surface area (Å²) in [6, 6.07) is 5.99. The van der Waals surface area contributed by atoms with E-state index in [1.54, 1.807) is 19.1 Å². The van der Waals surface area contributed by atoms with Crippen molar-refractivity contribution in [2.24, 2.45) is 5.16 Å². The summed E-state index contributed by atoms with van der Waals surface area (Å²) in [7, 11) is -4.02. The third kappa shape index (κ3) is 8.94. The van der Waals surface area contributed by atoms with Crippen LogP contribution in [0.3, 0.4) is 0 Å². The van der Waals surface area contributed by atoms with Crippen molar-refractivity contribution in [3.05, 3.63) is 29.8 Å². The molecule has 0 saturated heterocycles. The van der Waals surface area contributed by atoms with E-state index >= 15 is 0 Å². The first-order valence-corrected chi connectivity index (χ1v) is 8.62. The van der Waals surface area contributed by atoms with Gasteiger partial charge in [0.15, 0.2) is 5.71 Å². The van der Waals surface area contributed by atoms with Crippen LogP contribution in [0.5, 0.6) is 0 Å². The molecule has 0 atom stereocenters. The number of ether oxygens (including phenoxy) is 1. The summed E-state index contributed by atoms with van der Waals surface area (Å²) in [6.07, 6.45) is 2.27. The smallest absolute Gasteiger partial charge is 0.356 e. The van der Waals surface area contributed by atoms with Gasteiger partial charge in [-0.1, -0.05) is 36.2 Å². The molecule has 1 aromatic carbocycles. The van der Waals surface area contributed by atoms with Crippen LogP contribution in [0.4, 0.5) is 0 Å². The van der Waals surface area contributed by atoms with E-state index in [-0.39, 0.29) is 10.6 Å². The Kier molecular flexibility index (Phi) is 9.84. The number of aryl methyl sites for hydroxylation is 1. The standard InChI is InChI=1S/C8H15NO3.C7H8O3S/c1-3-5-6-7(9-11)8(10)12-4-2;1-6-2-4-7(5-3-6)11(8,9)10/h11H,3-6H2,1-2H3;2-5H,1H3,(H,8,9,10). The van der Waals surface area contributed by atoms with E-state index in [9.17, 15) is 13.2 Å². The fraction of sp³-hybridized carbons (Fsp3) is 0.467. The Morgan fingerprint density at radius 1 is 1.22 bits per heavy atom. The molecule has 130 valence electrons. The highest BCUT2D eigenvalue weighted by atomic mass is 32.2. The van der Waals surface area contributed by atoms with Gasteiger partial charge in [0, 0.05) is 6.42 Å². The Bertz CT molecular complexity index is 607. The molecule has 8 heteroatoms. The number of rotatable bonds is 6. The molecule has 0 heterocycles. The molecule has 0 amide bonds. The zero-order valence-corrected chi connectivity index (χ0v) is 14.3. The first kappa shape index (κ1) is 21.1. The largest absolute Gasteiger partial charge is 0.461 e. The minimum Gasteiger partial charge on any atom is -0.461 e. The van der Waals surface area contributed by atoms with Crippen LogP contribution in [0.2, 0.25) is 0 Å². The molecule has 0 aliphatic carbocycles. The lowest BCUT2D eigenvalue weighted by Gasteiger charge is -2.01. The Morgan fingerprint density at radius 3 is 2.17 bits per heavy atom. The predicted molar refractivity (Wildman–Crippen MR) is 86.4 cm³/mol. The number of carbonyl (C=O) groups is 1. The second-order valence-electron chi connectivity index (χ2n) is 4.66. The van der Waals surface area contributed by atoms with Crippen molar-refractivity contribution < 1.29 is 27.7 Å². The fourth-order valence-electron chi connectivity index (χ4n) is 1.46. The quantitative estimate of drug-likeness (QED) is 0.269. The zero-order valence-electron chi connectivity index (χ0n) is 13.5. The summed E-state index contributed by atoms with van der Waals surface area (Å²) in [5, 5.41) is 11.3. The number of benzene rings is 1. The van der Waals surface area contributed by atoms with Gasteiger partial charge in [0.05, 0.1) is 11.5 Å². The minimum atomic E-state index is -4.02. The van der Waals surface area contributed by atoms with Crippen LogP contribution in [0.1, 0.15) is 38.7 Å². The minimum absolute atomic E-state index is 0.0666. The van der Waals surface area contributed by atoms with Crippen molar-refractivity contribution in [2.45, 2.75) is 44.9 Å². The molecular formula is C15H23NO6S. The Labute approximate surface area is 136 Å². The van der Waals surface area contributed by atoms with Crippen molar-refractivity contribution in [2.75, 3.05) is 6.61 Å². The highest BCUT2D eigenvalue weighted by Gasteiger charge is 2.11. The number of oxime groups is 1. The second kappa shape index (κ2) is 10.7. The van der Waals surface area contributed by atoms with Crippen molar-refractivity contribution in [3.8, 4) is 0 Å². The topological polar surface area (TPSA) is 113 Å². The summed E-state index contributed by atoms with van der Waals surface area (Å²) < 4.78 is 34.2. The molecular weight excluding hydrogens is 322 g/mol. The first-order chi connectivity index (χ1) is 10.8. The van der Waals surface area contributed by atoms with Gasteiger partial charge in [-0.3, -0.25) is 4.55 Å². The van der Waals surface area contributed by atoms with Gasteiger partial charge in [-0.25, -0.2) is 4.79 Å². The molecule has 7 nitrogen and oxygen atoms in total. The van der Waals surface area contributed by atoms with E-state index in [1.807, 2.05) is 13.8 Å². The van der Waals surface area contributed by atoms with Gasteiger partial charge >= 0.3 is 5.97 Å². The van der Waals surface area contributed by atoms with Crippen LogP contribution < -0.4 is 0 Å². The Balaban J connectivity index is 0.000000422. The molecule has 0 aliphatic rings. The van der Waals surface area contributed by atoms with Gasteiger partial charge in [0.2, 0.25) is 0 Å². The number of esters is 1. The SMILES string of the molecule is CCCCC(=NO)C(=O)OCC.Cc1ccc(S(=O)(=O)O)cc1. The maximum atomic E-state index is 11.0. The lowest BCUT2D eigenvalue weighted by molar-refractivity contribution is -0.135. The molecule has 0 aliphatic heterocycles. The van der Waals surface area contributed by atoms with Gasteiger partial charge in [0.25, 0.3) is 10.1 Å². The van der Waals surface area contributed by atoms with Crippen molar-refractivity contribution >= 4 is 21.8 Å². The van der Waals surface area contributed by atoms with Crippen LogP contribution in [-0.2, 0) is 19.6 Å². The number of nitrogens with zero attached hydrogens (tertiary/aromatic N) is 1. The molecule has 0 bridgehead atoms. The maximum Gasteiger partial charge on any atom is 0.356 e. The third-order valence-electron chi connectivity index (χ3n) is 2.72. The van der Waals surface area contributed by atoms with Gasteiger partial charge in [-0.05, 0) is 32.4 Å².